The average Bonchev–Trinajstić information content (AvgIpc) is 3.21. The fraction of sp³-hybridized carbons (Fsp3) is 0.723. The van der Waals surface area contributed by atoms with Crippen LogP contribution in [0.4, 0.5) is 0 Å². The van der Waals surface area contributed by atoms with Gasteiger partial charge in [0.25, 0.3) is 0 Å². The van der Waals surface area contributed by atoms with E-state index in [1.54, 1.807) is 0 Å². The van der Waals surface area contributed by atoms with E-state index in [1.807, 2.05) is 0 Å². The smallest absolute Gasteiger partial charge is 0.335 e. The third-order valence-corrected chi connectivity index (χ3v) is 9.85. The lowest BCUT2D eigenvalue weighted by molar-refractivity contribution is -0.298. The number of aliphatic carboxylic acids is 1. The molecule has 0 bridgehead atoms. The van der Waals surface area contributed by atoms with Crippen molar-refractivity contribution in [2.45, 2.75) is 205 Å². The largest absolute Gasteiger partial charge is 0.479 e. The fourth-order valence-electron chi connectivity index (χ4n) is 6.32. The Morgan fingerprint density at radius 1 is 0.552 bits per heavy atom. The minimum absolute atomic E-state index is 0.168. The Balaban J connectivity index is 2.33. The zero-order chi connectivity index (χ0) is 42.5. The average molecular weight is 819 g/mol. The molecule has 0 saturated carbocycles. The summed E-state index contributed by atoms with van der Waals surface area (Å²) in [6, 6.07) is 0. The van der Waals surface area contributed by atoms with Crippen molar-refractivity contribution in [1.29, 1.82) is 0 Å². The van der Waals surface area contributed by atoms with Crippen molar-refractivity contribution >= 4 is 17.9 Å². The quantitative estimate of drug-likeness (QED) is 0.0270. The highest BCUT2D eigenvalue weighted by molar-refractivity contribution is 5.73. The van der Waals surface area contributed by atoms with Gasteiger partial charge < -0.3 is 39.4 Å². The highest BCUT2D eigenvalue weighted by atomic mass is 16.7. The molecule has 6 unspecified atom stereocenters. The normalized spacial score (nSPS) is 20.6. The van der Waals surface area contributed by atoms with Crippen LogP contribution in [0.25, 0.3) is 0 Å². The van der Waals surface area contributed by atoms with E-state index < -0.39 is 61.3 Å². The number of hydrogen-bond donors (Lipinski definition) is 4. The van der Waals surface area contributed by atoms with Crippen LogP contribution in [0.15, 0.2) is 60.8 Å². The van der Waals surface area contributed by atoms with Crippen molar-refractivity contribution in [3.05, 3.63) is 60.8 Å². The van der Waals surface area contributed by atoms with Gasteiger partial charge >= 0.3 is 17.9 Å². The van der Waals surface area contributed by atoms with Crippen molar-refractivity contribution in [3.8, 4) is 0 Å². The maximum atomic E-state index is 12.7. The van der Waals surface area contributed by atoms with Crippen molar-refractivity contribution in [2.24, 2.45) is 0 Å². The van der Waals surface area contributed by atoms with Gasteiger partial charge in [-0.05, 0) is 70.6 Å². The lowest BCUT2D eigenvalue weighted by Crippen LogP contribution is -2.60. The standard InChI is InChI=1S/C47H78O11/c1-3-5-7-9-11-13-15-16-17-18-19-20-21-22-23-24-26-27-29-31-33-35-40(48)55-37-39(38-56-47-44(52)42(50)43(51)45(58-47)46(53)54)57-41(49)36-34-32-30-28-25-14-12-10-8-6-4-2/h5,7,10-13,16-17,19-20,39,42-45,47,50-52H,3-4,6,8-9,14-15,18,21-38H2,1-2H3,(H,53,54)/b7-5-,12-10-,13-11-,17-16-,20-19-. The lowest BCUT2D eigenvalue weighted by Gasteiger charge is -2.38. The van der Waals surface area contributed by atoms with E-state index >= 15 is 0 Å². The van der Waals surface area contributed by atoms with Crippen LogP contribution in [0.1, 0.15) is 168 Å². The number of aliphatic hydroxyl groups is 3. The van der Waals surface area contributed by atoms with Crippen molar-refractivity contribution in [2.75, 3.05) is 13.2 Å². The molecule has 0 aliphatic carbocycles. The number of ether oxygens (including phenoxy) is 4. The van der Waals surface area contributed by atoms with E-state index in [0.717, 1.165) is 89.9 Å². The third kappa shape index (κ3) is 28.4. The zero-order valence-electron chi connectivity index (χ0n) is 35.8. The van der Waals surface area contributed by atoms with E-state index in [9.17, 15) is 34.8 Å². The summed E-state index contributed by atoms with van der Waals surface area (Å²) in [7, 11) is 0. The number of carboxylic acids is 1. The summed E-state index contributed by atoms with van der Waals surface area (Å²) in [5.74, 6) is -2.47. The maximum absolute atomic E-state index is 12.7. The summed E-state index contributed by atoms with van der Waals surface area (Å²) in [6.45, 7) is 3.63. The van der Waals surface area contributed by atoms with Gasteiger partial charge in [0.2, 0.25) is 0 Å². The Kier molecular flexibility index (Phi) is 33.7. The number of carbonyl (C=O) groups excluding carboxylic acids is 2. The highest BCUT2D eigenvalue weighted by Crippen LogP contribution is 2.23. The molecule has 6 atom stereocenters. The predicted molar refractivity (Wildman–Crippen MR) is 229 cm³/mol. The first-order valence-corrected chi connectivity index (χ1v) is 22.3. The Bertz CT molecular complexity index is 1190. The van der Waals surface area contributed by atoms with Crippen LogP contribution in [0, 0.1) is 0 Å². The molecular formula is C47H78O11. The summed E-state index contributed by atoms with van der Waals surface area (Å²) in [5.41, 5.74) is 0. The van der Waals surface area contributed by atoms with Gasteiger partial charge in [0.05, 0.1) is 6.61 Å². The molecule has 4 N–H and O–H groups in total. The first-order chi connectivity index (χ1) is 28.2. The Morgan fingerprint density at radius 2 is 1.02 bits per heavy atom. The number of hydrogen-bond acceptors (Lipinski definition) is 10. The second-order valence-corrected chi connectivity index (χ2v) is 15.2. The van der Waals surface area contributed by atoms with Crippen LogP contribution < -0.4 is 0 Å². The molecule has 0 amide bonds. The Hall–Kier alpha value is -3.09. The first kappa shape index (κ1) is 52.9. The topological polar surface area (TPSA) is 169 Å². The van der Waals surface area contributed by atoms with Crippen molar-refractivity contribution in [3.63, 3.8) is 0 Å². The van der Waals surface area contributed by atoms with E-state index in [4.69, 9.17) is 18.9 Å². The second kappa shape index (κ2) is 36.9. The summed E-state index contributed by atoms with van der Waals surface area (Å²) in [4.78, 5) is 36.8. The van der Waals surface area contributed by atoms with Crippen LogP contribution >= 0.6 is 0 Å². The third-order valence-electron chi connectivity index (χ3n) is 9.85. The molecule has 0 radical (unpaired) electrons. The molecule has 1 fully saturated rings. The SMILES string of the molecule is CC/C=C\C/C=C\C/C=C\C/C=C\CCCCCCCCCCC(=O)OCC(COC1OC(C(=O)O)C(O)C(O)C1O)OC(=O)CCCCCCC/C=C\CCCC. The number of carboxylic acid groups (broad SMARTS) is 1. The van der Waals surface area contributed by atoms with Crippen LogP contribution in [0.3, 0.4) is 0 Å². The van der Waals surface area contributed by atoms with Gasteiger partial charge in [0.15, 0.2) is 18.5 Å². The highest BCUT2D eigenvalue weighted by Gasteiger charge is 2.47. The van der Waals surface area contributed by atoms with Gasteiger partial charge in [-0.2, -0.15) is 0 Å². The number of allylic oxidation sites excluding steroid dienone is 10. The van der Waals surface area contributed by atoms with Gasteiger partial charge in [0.1, 0.15) is 24.9 Å². The fourth-order valence-corrected chi connectivity index (χ4v) is 6.32. The minimum atomic E-state index is -1.86. The van der Waals surface area contributed by atoms with Gasteiger partial charge in [-0.1, -0.05) is 145 Å². The predicted octanol–water partition coefficient (Wildman–Crippen LogP) is 9.53. The van der Waals surface area contributed by atoms with Crippen molar-refractivity contribution < 1.29 is 53.8 Å². The molecule has 0 spiro atoms. The zero-order valence-corrected chi connectivity index (χ0v) is 35.8. The van der Waals surface area contributed by atoms with E-state index in [1.165, 1.54) is 38.5 Å². The minimum Gasteiger partial charge on any atom is -0.479 e. The molecule has 0 aromatic carbocycles. The molecule has 1 aliphatic rings. The Labute approximate surface area is 349 Å². The van der Waals surface area contributed by atoms with E-state index in [-0.39, 0.29) is 19.4 Å². The summed E-state index contributed by atoms with van der Waals surface area (Å²) < 4.78 is 21.7. The lowest BCUT2D eigenvalue weighted by atomic mass is 9.99. The van der Waals surface area contributed by atoms with E-state index in [0.29, 0.717) is 12.8 Å². The number of carbonyl (C=O) groups is 3. The van der Waals surface area contributed by atoms with Gasteiger partial charge in [-0.3, -0.25) is 9.59 Å². The molecule has 1 saturated heterocycles. The molecule has 58 heavy (non-hydrogen) atoms. The summed E-state index contributed by atoms with van der Waals surface area (Å²) >= 11 is 0. The summed E-state index contributed by atoms with van der Waals surface area (Å²) in [5, 5.41) is 39.8. The Morgan fingerprint density at radius 3 is 1.55 bits per heavy atom. The van der Waals surface area contributed by atoms with Gasteiger partial charge in [-0.15, -0.1) is 0 Å². The molecule has 1 aliphatic heterocycles. The molecule has 11 nitrogen and oxygen atoms in total. The summed E-state index contributed by atoms with van der Waals surface area (Å²) in [6.07, 6.45) is 35.6. The number of rotatable bonds is 36. The van der Waals surface area contributed by atoms with Gasteiger partial charge in [-0.25, -0.2) is 4.79 Å². The molecule has 0 aromatic heterocycles. The molecule has 1 heterocycles. The van der Waals surface area contributed by atoms with Crippen LogP contribution in [-0.2, 0) is 33.3 Å². The van der Waals surface area contributed by atoms with Crippen molar-refractivity contribution in [1.82, 2.24) is 0 Å². The van der Waals surface area contributed by atoms with Gasteiger partial charge in [0, 0.05) is 12.8 Å². The van der Waals surface area contributed by atoms with Crippen LogP contribution in [0.5, 0.6) is 0 Å². The van der Waals surface area contributed by atoms with E-state index in [2.05, 4.69) is 74.6 Å². The molecule has 1 rings (SSSR count). The number of esters is 2. The number of unbranched alkanes of at least 4 members (excludes halogenated alkanes) is 15. The first-order valence-electron chi connectivity index (χ1n) is 22.3. The number of aliphatic hydroxyl groups excluding tert-OH is 3. The van der Waals surface area contributed by atoms with Crippen LogP contribution in [0.2, 0.25) is 0 Å². The monoisotopic (exact) mass is 819 g/mol. The maximum Gasteiger partial charge on any atom is 0.335 e. The molecule has 332 valence electrons. The van der Waals surface area contributed by atoms with Crippen LogP contribution in [-0.4, -0.2) is 88.4 Å². The molecular weight excluding hydrogens is 741 g/mol. The molecule has 0 aromatic rings. The molecule has 11 heteroatoms. The second-order valence-electron chi connectivity index (χ2n) is 15.2.